The Morgan fingerprint density at radius 3 is 2.44 bits per heavy atom. The van der Waals surface area contributed by atoms with Crippen molar-refractivity contribution in [2.75, 3.05) is 26.2 Å². The van der Waals surface area contributed by atoms with E-state index in [4.69, 9.17) is 11.6 Å². The lowest BCUT2D eigenvalue weighted by Gasteiger charge is -2.36. The average Bonchev–Trinajstić information content (AvgIpc) is 3.24. The van der Waals surface area contributed by atoms with Gasteiger partial charge in [0.1, 0.15) is 0 Å². The Morgan fingerprint density at radius 2 is 1.84 bits per heavy atom. The van der Waals surface area contributed by atoms with Gasteiger partial charge in [-0.3, -0.25) is 4.79 Å². The lowest BCUT2D eigenvalue weighted by atomic mass is 9.87. The lowest BCUT2D eigenvalue weighted by Crippen LogP contribution is -2.52. The molecule has 1 aromatic carbocycles. The monoisotopic (exact) mass is 382 g/mol. The van der Waals surface area contributed by atoms with Crippen LogP contribution < -0.4 is 0 Å². The Morgan fingerprint density at radius 1 is 1.08 bits per heavy atom. The van der Waals surface area contributed by atoms with E-state index in [1.165, 1.54) is 29.6 Å². The maximum absolute atomic E-state index is 12.8. The van der Waals surface area contributed by atoms with E-state index in [9.17, 15) is 13.2 Å². The molecule has 1 heterocycles. The van der Waals surface area contributed by atoms with Gasteiger partial charge in [-0.2, -0.15) is 4.31 Å². The van der Waals surface area contributed by atoms with Crippen LogP contribution in [0.4, 0.5) is 0 Å². The normalized spacial score (nSPS) is 30.0. The molecule has 0 N–H and O–H groups in total. The zero-order chi connectivity index (χ0) is 17.6. The number of fused-ring (bicyclic) bond motifs is 2. The van der Waals surface area contributed by atoms with Crippen molar-refractivity contribution in [1.29, 1.82) is 0 Å². The van der Waals surface area contributed by atoms with E-state index in [2.05, 4.69) is 0 Å². The number of hydrogen-bond acceptors (Lipinski definition) is 3. The number of carbonyl (C=O) groups excluding carboxylic acids is 1. The van der Waals surface area contributed by atoms with Crippen LogP contribution in [0.2, 0.25) is 5.02 Å². The van der Waals surface area contributed by atoms with Gasteiger partial charge in [-0.15, -0.1) is 0 Å². The van der Waals surface area contributed by atoms with Crippen LogP contribution in [0.15, 0.2) is 29.2 Å². The summed E-state index contributed by atoms with van der Waals surface area (Å²) in [5.74, 6) is 1.72. The van der Waals surface area contributed by atoms with Gasteiger partial charge >= 0.3 is 0 Å². The zero-order valence-corrected chi connectivity index (χ0v) is 15.7. The van der Waals surface area contributed by atoms with Crippen LogP contribution in [-0.2, 0) is 14.8 Å². The highest BCUT2D eigenvalue weighted by Crippen LogP contribution is 2.48. The topological polar surface area (TPSA) is 57.7 Å². The number of carbonyl (C=O) groups is 1. The second-order valence-electron chi connectivity index (χ2n) is 7.47. The molecule has 3 aliphatic rings. The maximum atomic E-state index is 12.8. The molecule has 3 atom stereocenters. The molecule has 0 spiro atoms. The maximum Gasteiger partial charge on any atom is 0.243 e. The first-order valence-corrected chi connectivity index (χ1v) is 10.8. The summed E-state index contributed by atoms with van der Waals surface area (Å²) in [6.07, 6.45) is 4.70. The van der Waals surface area contributed by atoms with Crippen LogP contribution in [0.3, 0.4) is 0 Å². The summed E-state index contributed by atoms with van der Waals surface area (Å²) in [5, 5.41) is 0.408. The molecule has 136 valence electrons. The summed E-state index contributed by atoms with van der Waals surface area (Å²) >= 11 is 5.92. The molecule has 5 nitrogen and oxygen atoms in total. The average molecular weight is 383 g/mol. The van der Waals surface area contributed by atoms with Crippen molar-refractivity contribution in [2.45, 2.75) is 30.6 Å². The van der Waals surface area contributed by atoms with Gasteiger partial charge < -0.3 is 4.90 Å². The van der Waals surface area contributed by atoms with E-state index in [0.29, 0.717) is 37.1 Å². The largest absolute Gasteiger partial charge is 0.340 e. The van der Waals surface area contributed by atoms with Gasteiger partial charge in [0.25, 0.3) is 0 Å². The molecule has 25 heavy (non-hydrogen) atoms. The highest BCUT2D eigenvalue weighted by atomic mass is 35.5. The van der Waals surface area contributed by atoms with E-state index in [-0.39, 0.29) is 16.7 Å². The number of halogens is 1. The molecule has 1 amide bonds. The van der Waals surface area contributed by atoms with Gasteiger partial charge in [0.15, 0.2) is 0 Å². The summed E-state index contributed by atoms with van der Waals surface area (Å²) in [7, 11) is -3.55. The van der Waals surface area contributed by atoms with Crippen molar-refractivity contribution in [3.63, 3.8) is 0 Å². The summed E-state index contributed by atoms with van der Waals surface area (Å²) in [6, 6.07) is 6.34. The van der Waals surface area contributed by atoms with E-state index in [0.717, 1.165) is 12.3 Å². The van der Waals surface area contributed by atoms with Crippen molar-refractivity contribution >= 4 is 27.5 Å². The minimum atomic E-state index is -3.55. The van der Waals surface area contributed by atoms with Crippen LogP contribution in [-0.4, -0.2) is 49.7 Å². The Hall–Kier alpha value is -1.11. The van der Waals surface area contributed by atoms with Gasteiger partial charge in [0.05, 0.1) is 4.90 Å². The van der Waals surface area contributed by atoms with Crippen molar-refractivity contribution in [1.82, 2.24) is 9.21 Å². The minimum absolute atomic E-state index is 0.176. The van der Waals surface area contributed by atoms with E-state index >= 15 is 0 Å². The number of piperazine rings is 1. The molecule has 0 radical (unpaired) electrons. The number of hydrogen-bond donors (Lipinski definition) is 0. The van der Waals surface area contributed by atoms with Crippen LogP contribution >= 0.6 is 11.6 Å². The highest BCUT2D eigenvalue weighted by Gasteiger charge is 2.45. The van der Waals surface area contributed by atoms with Crippen LogP contribution in [0, 0.1) is 17.8 Å². The zero-order valence-electron chi connectivity index (χ0n) is 14.1. The summed E-state index contributed by atoms with van der Waals surface area (Å²) in [4.78, 5) is 14.9. The smallest absolute Gasteiger partial charge is 0.243 e. The first kappa shape index (κ1) is 17.3. The second kappa shape index (κ2) is 6.56. The van der Waals surface area contributed by atoms with Gasteiger partial charge in [0, 0.05) is 37.1 Å². The SMILES string of the molecule is O=C(C1CC2CCC1C2)N1CCN(S(=O)(=O)c2cccc(Cl)c2)CC1. The van der Waals surface area contributed by atoms with Crippen LogP contribution in [0.1, 0.15) is 25.7 Å². The standard InChI is InChI=1S/C18H23ClN2O3S/c19-15-2-1-3-16(12-15)25(23,24)21-8-6-20(7-9-21)18(22)17-11-13-4-5-14(17)10-13/h1-3,12-14,17H,4-11H2. The molecule has 0 aromatic heterocycles. The van der Waals surface area contributed by atoms with Gasteiger partial charge in [-0.25, -0.2) is 8.42 Å². The predicted octanol–water partition coefficient (Wildman–Crippen LogP) is 2.61. The third-order valence-electron chi connectivity index (χ3n) is 6.04. The Kier molecular flexibility index (Phi) is 4.54. The molecule has 1 saturated heterocycles. The Labute approximate surface area is 154 Å². The molecule has 7 heteroatoms. The van der Waals surface area contributed by atoms with Crippen LogP contribution in [0.25, 0.3) is 0 Å². The minimum Gasteiger partial charge on any atom is -0.340 e. The summed E-state index contributed by atoms with van der Waals surface area (Å²) < 4.78 is 26.9. The molecule has 1 aromatic rings. The quantitative estimate of drug-likeness (QED) is 0.807. The molecule has 4 rings (SSSR count). The molecule has 2 aliphatic carbocycles. The number of sulfonamides is 1. The van der Waals surface area contributed by atoms with Crippen molar-refractivity contribution in [3.05, 3.63) is 29.3 Å². The fraction of sp³-hybridized carbons (Fsp3) is 0.611. The number of benzene rings is 1. The number of rotatable bonds is 3. The number of amides is 1. The van der Waals surface area contributed by atoms with Crippen molar-refractivity contribution in [2.24, 2.45) is 17.8 Å². The first-order valence-electron chi connectivity index (χ1n) is 8.99. The molecule has 3 unspecified atom stereocenters. The summed E-state index contributed by atoms with van der Waals surface area (Å²) in [5.41, 5.74) is 0. The highest BCUT2D eigenvalue weighted by molar-refractivity contribution is 7.89. The van der Waals surface area contributed by atoms with Crippen molar-refractivity contribution in [3.8, 4) is 0 Å². The molecule has 3 fully saturated rings. The fourth-order valence-electron chi connectivity index (χ4n) is 4.71. The molecule has 1 aliphatic heterocycles. The van der Waals surface area contributed by atoms with Gasteiger partial charge in [0.2, 0.25) is 15.9 Å². The van der Waals surface area contributed by atoms with E-state index in [1.54, 1.807) is 18.2 Å². The lowest BCUT2D eigenvalue weighted by molar-refractivity contribution is -0.138. The molecule has 2 bridgehead atoms. The van der Waals surface area contributed by atoms with Gasteiger partial charge in [-0.1, -0.05) is 24.1 Å². The predicted molar refractivity (Wildman–Crippen MR) is 95.7 cm³/mol. The second-order valence-corrected chi connectivity index (χ2v) is 9.84. The van der Waals surface area contributed by atoms with E-state index < -0.39 is 10.0 Å². The van der Waals surface area contributed by atoms with E-state index in [1.807, 2.05) is 4.90 Å². The third kappa shape index (κ3) is 3.20. The molecule has 2 saturated carbocycles. The van der Waals surface area contributed by atoms with Crippen molar-refractivity contribution < 1.29 is 13.2 Å². The molecular formula is C18H23ClN2O3S. The third-order valence-corrected chi connectivity index (χ3v) is 8.17. The fourth-order valence-corrected chi connectivity index (χ4v) is 6.43. The summed E-state index contributed by atoms with van der Waals surface area (Å²) in [6.45, 7) is 1.65. The first-order chi connectivity index (χ1) is 11.9. The molecular weight excluding hydrogens is 360 g/mol. The Bertz CT molecular complexity index is 774. The number of nitrogens with zero attached hydrogens (tertiary/aromatic N) is 2. The van der Waals surface area contributed by atoms with Gasteiger partial charge in [-0.05, 0) is 49.3 Å². The Balaban J connectivity index is 1.40. The van der Waals surface area contributed by atoms with Crippen LogP contribution in [0.5, 0.6) is 0 Å².